The maximum atomic E-state index is 3.86. The third-order valence-corrected chi connectivity index (χ3v) is 5.60. The predicted octanol–water partition coefficient (Wildman–Crippen LogP) is 3.67. The molecule has 0 bridgehead atoms. The van der Waals surface area contributed by atoms with Crippen LogP contribution in [0.15, 0.2) is 0 Å². The van der Waals surface area contributed by atoms with Crippen LogP contribution in [0.4, 0.5) is 0 Å². The molecule has 1 saturated carbocycles. The van der Waals surface area contributed by atoms with Crippen molar-refractivity contribution in [2.75, 3.05) is 19.6 Å². The number of nitrogens with one attached hydrogen (secondary N) is 1. The predicted molar refractivity (Wildman–Crippen MR) is 83.5 cm³/mol. The van der Waals surface area contributed by atoms with Crippen molar-refractivity contribution in [3.63, 3.8) is 0 Å². The first-order chi connectivity index (χ1) is 9.07. The fourth-order valence-corrected chi connectivity index (χ4v) is 3.85. The molecule has 2 fully saturated rings. The van der Waals surface area contributed by atoms with Gasteiger partial charge in [-0.1, -0.05) is 53.4 Å². The molecule has 112 valence electrons. The molecule has 1 saturated heterocycles. The highest BCUT2D eigenvalue weighted by Crippen LogP contribution is 2.36. The molecule has 0 aromatic heterocycles. The van der Waals surface area contributed by atoms with Crippen molar-refractivity contribution in [3.05, 3.63) is 0 Å². The Morgan fingerprint density at radius 1 is 1.16 bits per heavy atom. The van der Waals surface area contributed by atoms with Crippen LogP contribution in [-0.4, -0.2) is 36.1 Å². The van der Waals surface area contributed by atoms with E-state index < -0.39 is 0 Å². The van der Waals surface area contributed by atoms with Crippen molar-refractivity contribution in [3.8, 4) is 0 Å². The standard InChI is InChI=1S/C17H34N2/c1-5-15(4)11-19-12-16(14(2)3)18-13-17(19)9-7-6-8-10-17/h14-16,18H,5-13H2,1-4H3. The molecule has 1 N–H and O–H groups in total. The Morgan fingerprint density at radius 2 is 1.84 bits per heavy atom. The molecule has 2 rings (SSSR count). The Bertz CT molecular complexity index is 268. The first kappa shape index (κ1) is 15.3. The van der Waals surface area contributed by atoms with Gasteiger partial charge in [0.05, 0.1) is 0 Å². The van der Waals surface area contributed by atoms with E-state index in [1.807, 2.05) is 0 Å². The fourth-order valence-electron chi connectivity index (χ4n) is 3.85. The summed E-state index contributed by atoms with van der Waals surface area (Å²) in [5, 5.41) is 3.86. The monoisotopic (exact) mass is 266 g/mol. The highest BCUT2D eigenvalue weighted by atomic mass is 15.3. The minimum Gasteiger partial charge on any atom is -0.311 e. The Hall–Kier alpha value is -0.0800. The van der Waals surface area contributed by atoms with E-state index in [0.717, 1.165) is 11.8 Å². The van der Waals surface area contributed by atoms with Crippen molar-refractivity contribution in [1.82, 2.24) is 10.2 Å². The zero-order chi connectivity index (χ0) is 13.9. The SMILES string of the molecule is CCC(C)CN1CC(C(C)C)NCC12CCCCC2. The van der Waals surface area contributed by atoms with Gasteiger partial charge >= 0.3 is 0 Å². The van der Waals surface area contributed by atoms with Gasteiger partial charge in [0.25, 0.3) is 0 Å². The normalized spacial score (nSPS) is 29.8. The molecule has 1 aliphatic heterocycles. The van der Waals surface area contributed by atoms with Crippen molar-refractivity contribution in [2.45, 2.75) is 77.8 Å². The van der Waals surface area contributed by atoms with E-state index >= 15 is 0 Å². The first-order valence-corrected chi connectivity index (χ1v) is 8.56. The summed E-state index contributed by atoms with van der Waals surface area (Å²) in [6.45, 7) is 13.3. The minimum absolute atomic E-state index is 0.493. The van der Waals surface area contributed by atoms with Gasteiger partial charge in [-0.3, -0.25) is 4.90 Å². The van der Waals surface area contributed by atoms with Gasteiger partial charge in [0.15, 0.2) is 0 Å². The topological polar surface area (TPSA) is 15.3 Å². The third-order valence-electron chi connectivity index (χ3n) is 5.60. The number of nitrogens with zero attached hydrogens (tertiary/aromatic N) is 1. The summed E-state index contributed by atoms with van der Waals surface area (Å²) >= 11 is 0. The van der Waals surface area contributed by atoms with E-state index in [1.54, 1.807) is 0 Å². The van der Waals surface area contributed by atoms with Gasteiger partial charge in [-0.05, 0) is 24.7 Å². The van der Waals surface area contributed by atoms with E-state index in [0.29, 0.717) is 11.6 Å². The summed E-state index contributed by atoms with van der Waals surface area (Å²) in [5.41, 5.74) is 0.493. The fraction of sp³-hybridized carbons (Fsp3) is 1.00. The van der Waals surface area contributed by atoms with E-state index in [-0.39, 0.29) is 0 Å². The van der Waals surface area contributed by atoms with Crippen LogP contribution in [-0.2, 0) is 0 Å². The Labute approximate surface area is 120 Å². The van der Waals surface area contributed by atoms with Gasteiger partial charge in [0.1, 0.15) is 0 Å². The largest absolute Gasteiger partial charge is 0.311 e. The van der Waals surface area contributed by atoms with Crippen LogP contribution in [0.1, 0.15) is 66.2 Å². The summed E-state index contributed by atoms with van der Waals surface area (Å²) in [4.78, 5) is 2.88. The van der Waals surface area contributed by atoms with E-state index in [1.165, 1.54) is 58.2 Å². The van der Waals surface area contributed by atoms with Crippen molar-refractivity contribution in [2.24, 2.45) is 11.8 Å². The number of rotatable bonds is 4. The Balaban J connectivity index is 2.07. The average Bonchev–Trinajstić information content (AvgIpc) is 2.42. The lowest BCUT2D eigenvalue weighted by molar-refractivity contribution is -0.00720. The van der Waals surface area contributed by atoms with E-state index in [9.17, 15) is 0 Å². The summed E-state index contributed by atoms with van der Waals surface area (Å²) in [7, 11) is 0. The van der Waals surface area contributed by atoms with Crippen LogP contribution in [0.25, 0.3) is 0 Å². The number of hydrogen-bond acceptors (Lipinski definition) is 2. The molecule has 2 heteroatoms. The third kappa shape index (κ3) is 3.52. The molecule has 1 aliphatic carbocycles. The molecule has 2 aliphatic rings. The Morgan fingerprint density at radius 3 is 2.42 bits per heavy atom. The molecule has 1 heterocycles. The minimum atomic E-state index is 0.493. The van der Waals surface area contributed by atoms with Crippen molar-refractivity contribution < 1.29 is 0 Å². The molecule has 1 spiro atoms. The molecule has 0 aromatic carbocycles. The summed E-state index contributed by atoms with van der Waals surface area (Å²) in [6.07, 6.45) is 8.47. The molecule has 2 unspecified atom stereocenters. The van der Waals surface area contributed by atoms with Gasteiger partial charge in [-0.2, -0.15) is 0 Å². The smallest absolute Gasteiger partial charge is 0.0334 e. The lowest BCUT2D eigenvalue weighted by Gasteiger charge is -2.53. The molecular weight excluding hydrogens is 232 g/mol. The van der Waals surface area contributed by atoms with Crippen LogP contribution in [0.3, 0.4) is 0 Å². The maximum Gasteiger partial charge on any atom is 0.0334 e. The molecule has 0 radical (unpaired) electrons. The highest BCUT2D eigenvalue weighted by Gasteiger charge is 2.42. The second-order valence-electron chi connectivity index (χ2n) is 7.43. The van der Waals surface area contributed by atoms with Crippen LogP contribution < -0.4 is 5.32 Å². The second kappa shape index (κ2) is 6.58. The number of piperazine rings is 1. The van der Waals surface area contributed by atoms with Gasteiger partial charge in [-0.15, -0.1) is 0 Å². The van der Waals surface area contributed by atoms with Gasteiger partial charge in [0.2, 0.25) is 0 Å². The summed E-state index contributed by atoms with van der Waals surface area (Å²) < 4.78 is 0. The zero-order valence-electron chi connectivity index (χ0n) is 13.5. The summed E-state index contributed by atoms with van der Waals surface area (Å²) in [5.74, 6) is 1.59. The van der Waals surface area contributed by atoms with Crippen LogP contribution in [0, 0.1) is 11.8 Å². The van der Waals surface area contributed by atoms with Gasteiger partial charge in [-0.25, -0.2) is 0 Å². The van der Waals surface area contributed by atoms with Gasteiger partial charge in [0, 0.05) is 31.2 Å². The second-order valence-corrected chi connectivity index (χ2v) is 7.43. The molecule has 19 heavy (non-hydrogen) atoms. The lowest BCUT2D eigenvalue weighted by Crippen LogP contribution is -2.66. The van der Waals surface area contributed by atoms with Crippen molar-refractivity contribution in [1.29, 1.82) is 0 Å². The molecule has 0 amide bonds. The lowest BCUT2D eigenvalue weighted by atomic mass is 9.77. The Kier molecular flexibility index (Phi) is 5.30. The van der Waals surface area contributed by atoms with E-state index in [2.05, 4.69) is 37.9 Å². The quantitative estimate of drug-likeness (QED) is 0.835. The van der Waals surface area contributed by atoms with Crippen LogP contribution in [0.5, 0.6) is 0 Å². The van der Waals surface area contributed by atoms with Crippen molar-refractivity contribution >= 4 is 0 Å². The first-order valence-electron chi connectivity index (χ1n) is 8.56. The number of hydrogen-bond donors (Lipinski definition) is 1. The average molecular weight is 266 g/mol. The zero-order valence-corrected chi connectivity index (χ0v) is 13.5. The highest BCUT2D eigenvalue weighted by molar-refractivity contribution is 5.01. The van der Waals surface area contributed by atoms with Crippen LogP contribution in [0.2, 0.25) is 0 Å². The van der Waals surface area contributed by atoms with E-state index in [4.69, 9.17) is 0 Å². The van der Waals surface area contributed by atoms with Gasteiger partial charge < -0.3 is 5.32 Å². The molecule has 2 atom stereocenters. The molecular formula is C17H34N2. The maximum absolute atomic E-state index is 3.86. The molecule has 2 nitrogen and oxygen atoms in total. The molecule has 0 aromatic rings. The van der Waals surface area contributed by atoms with Crippen LogP contribution >= 0.6 is 0 Å². The summed E-state index contributed by atoms with van der Waals surface area (Å²) in [6, 6.07) is 0.691.